The number of benzene rings is 1. The molecule has 4 saturated carbocycles. The maximum atomic E-state index is 12.8. The van der Waals surface area contributed by atoms with Crippen molar-refractivity contribution >= 4 is 5.97 Å². The minimum absolute atomic E-state index is 0.121. The highest BCUT2D eigenvalue weighted by Crippen LogP contribution is 2.61. The van der Waals surface area contributed by atoms with Gasteiger partial charge in [-0.1, -0.05) is 6.07 Å². The smallest absolute Gasteiger partial charge is 0.312 e. The molecule has 4 nitrogen and oxygen atoms in total. The molecular formula is C21H28O4. The van der Waals surface area contributed by atoms with E-state index in [4.69, 9.17) is 9.47 Å². The zero-order valence-corrected chi connectivity index (χ0v) is 15.2. The third kappa shape index (κ3) is 3.29. The normalized spacial score (nSPS) is 35.6. The summed E-state index contributed by atoms with van der Waals surface area (Å²) >= 11 is 0. The Hall–Kier alpha value is -1.55. The van der Waals surface area contributed by atoms with E-state index in [1.165, 1.54) is 6.42 Å². The van der Waals surface area contributed by atoms with Crippen LogP contribution in [0.25, 0.3) is 0 Å². The Kier molecular flexibility index (Phi) is 4.06. The van der Waals surface area contributed by atoms with E-state index in [0.717, 1.165) is 42.6 Å². The van der Waals surface area contributed by atoms with Gasteiger partial charge >= 0.3 is 5.97 Å². The molecular weight excluding hydrogens is 316 g/mol. The molecule has 4 bridgehead atoms. The van der Waals surface area contributed by atoms with E-state index in [-0.39, 0.29) is 12.6 Å². The number of aryl methyl sites for hydroxylation is 2. The third-order valence-corrected chi connectivity index (χ3v) is 6.24. The van der Waals surface area contributed by atoms with Crippen molar-refractivity contribution in [1.82, 2.24) is 0 Å². The molecule has 0 radical (unpaired) electrons. The third-order valence-electron chi connectivity index (χ3n) is 6.24. The van der Waals surface area contributed by atoms with Crippen LogP contribution in [-0.4, -0.2) is 29.9 Å². The molecule has 1 N–H and O–H groups in total. The summed E-state index contributed by atoms with van der Waals surface area (Å²) in [6.07, 6.45) is 5.28. The molecule has 4 heteroatoms. The van der Waals surface area contributed by atoms with Crippen LogP contribution in [0.15, 0.2) is 18.2 Å². The molecule has 136 valence electrons. The van der Waals surface area contributed by atoms with Crippen LogP contribution < -0.4 is 4.74 Å². The number of esters is 1. The molecule has 0 aromatic heterocycles. The average molecular weight is 344 g/mol. The van der Waals surface area contributed by atoms with E-state index in [2.05, 4.69) is 6.07 Å². The SMILES string of the molecule is Cc1cc(C)cc(OCCOC(=O)C23C[C@@H]4C[C@@H](CC(O)(C4)C2)C3)c1. The van der Waals surface area contributed by atoms with Crippen LogP contribution in [0.3, 0.4) is 0 Å². The highest BCUT2D eigenvalue weighted by atomic mass is 16.6. The van der Waals surface area contributed by atoms with Crippen LogP contribution in [0.2, 0.25) is 0 Å². The van der Waals surface area contributed by atoms with Gasteiger partial charge in [0, 0.05) is 0 Å². The first-order chi connectivity index (χ1) is 11.9. The second-order valence-electron chi connectivity index (χ2n) is 8.77. The van der Waals surface area contributed by atoms with Gasteiger partial charge in [0.2, 0.25) is 0 Å². The quantitative estimate of drug-likeness (QED) is 0.655. The molecule has 4 fully saturated rings. The molecule has 25 heavy (non-hydrogen) atoms. The first-order valence-electron chi connectivity index (χ1n) is 9.47. The summed E-state index contributed by atoms with van der Waals surface area (Å²) < 4.78 is 11.3. The van der Waals surface area contributed by atoms with Gasteiger partial charge in [-0.3, -0.25) is 4.79 Å². The number of carbonyl (C=O) groups excluding carboxylic acids is 1. The molecule has 1 aromatic carbocycles. The molecule has 4 aliphatic carbocycles. The molecule has 4 aliphatic rings. The van der Waals surface area contributed by atoms with Crippen molar-refractivity contribution in [3.05, 3.63) is 29.3 Å². The molecule has 5 rings (SSSR count). The van der Waals surface area contributed by atoms with Crippen molar-refractivity contribution in [3.8, 4) is 5.75 Å². The first kappa shape index (κ1) is 16.9. The Morgan fingerprint density at radius 3 is 2.32 bits per heavy atom. The fourth-order valence-electron chi connectivity index (χ4n) is 5.92. The monoisotopic (exact) mass is 344 g/mol. The van der Waals surface area contributed by atoms with E-state index in [9.17, 15) is 9.90 Å². The Labute approximate surface area is 149 Å². The topological polar surface area (TPSA) is 55.8 Å². The lowest BCUT2D eigenvalue weighted by molar-refractivity contribution is -0.196. The largest absolute Gasteiger partial charge is 0.490 e. The van der Waals surface area contributed by atoms with Crippen LogP contribution in [0.4, 0.5) is 0 Å². The zero-order chi connectivity index (χ0) is 17.7. The van der Waals surface area contributed by atoms with Gasteiger partial charge < -0.3 is 14.6 Å². The predicted molar refractivity (Wildman–Crippen MR) is 94.4 cm³/mol. The maximum absolute atomic E-state index is 12.8. The summed E-state index contributed by atoms with van der Waals surface area (Å²) in [6.45, 7) is 4.71. The van der Waals surface area contributed by atoms with Crippen molar-refractivity contribution in [2.45, 2.75) is 58.0 Å². The van der Waals surface area contributed by atoms with Crippen molar-refractivity contribution < 1.29 is 19.4 Å². The van der Waals surface area contributed by atoms with Crippen molar-refractivity contribution in [2.24, 2.45) is 17.3 Å². The van der Waals surface area contributed by atoms with Crippen molar-refractivity contribution in [2.75, 3.05) is 13.2 Å². The number of aliphatic hydroxyl groups is 1. The Balaban J connectivity index is 1.32. The molecule has 0 spiro atoms. The number of hydrogen-bond acceptors (Lipinski definition) is 4. The minimum Gasteiger partial charge on any atom is -0.490 e. The average Bonchev–Trinajstić information content (AvgIpc) is 2.48. The number of hydrogen-bond donors (Lipinski definition) is 1. The minimum atomic E-state index is -0.626. The van der Waals surface area contributed by atoms with Gasteiger partial charge in [0.15, 0.2) is 0 Å². The van der Waals surface area contributed by atoms with Crippen LogP contribution in [0, 0.1) is 31.1 Å². The summed E-state index contributed by atoms with van der Waals surface area (Å²) in [5, 5.41) is 10.8. The van der Waals surface area contributed by atoms with Crippen molar-refractivity contribution in [1.29, 1.82) is 0 Å². The van der Waals surface area contributed by atoms with Crippen LogP contribution in [0.1, 0.15) is 49.7 Å². The number of carbonyl (C=O) groups is 1. The second kappa shape index (κ2) is 6.01. The summed E-state index contributed by atoms with van der Waals surface area (Å²) in [7, 11) is 0. The standard InChI is InChI=1S/C21H28O4/c1-14-5-15(2)7-18(6-14)24-3-4-25-19(22)20-9-16-8-17(10-20)12-21(23,11-16)13-20/h5-7,16-17,23H,3-4,8-13H2,1-2H3/t16-,17+,20?,21?. The Bertz CT molecular complexity index is 646. The van der Waals surface area contributed by atoms with Crippen LogP contribution in [-0.2, 0) is 9.53 Å². The summed E-state index contributed by atoms with van der Waals surface area (Å²) in [6, 6.07) is 6.08. The maximum Gasteiger partial charge on any atom is 0.312 e. The number of ether oxygens (including phenoxy) is 2. The van der Waals surface area contributed by atoms with Gasteiger partial charge in [-0.05, 0) is 87.5 Å². The van der Waals surface area contributed by atoms with Gasteiger partial charge in [0.05, 0.1) is 11.0 Å². The fraction of sp³-hybridized carbons (Fsp3) is 0.667. The van der Waals surface area contributed by atoms with Gasteiger partial charge in [-0.2, -0.15) is 0 Å². The number of rotatable bonds is 5. The van der Waals surface area contributed by atoms with Gasteiger partial charge in [0.25, 0.3) is 0 Å². The van der Waals surface area contributed by atoms with E-state index >= 15 is 0 Å². The molecule has 2 unspecified atom stereocenters. The van der Waals surface area contributed by atoms with E-state index in [0.29, 0.717) is 24.9 Å². The first-order valence-corrected chi connectivity index (χ1v) is 9.47. The molecule has 0 amide bonds. The van der Waals surface area contributed by atoms with Crippen LogP contribution >= 0.6 is 0 Å². The second-order valence-corrected chi connectivity index (χ2v) is 8.77. The zero-order valence-electron chi connectivity index (χ0n) is 15.2. The molecule has 0 heterocycles. The summed E-state index contributed by atoms with van der Waals surface area (Å²) in [4.78, 5) is 12.8. The molecule has 1 aromatic rings. The summed E-state index contributed by atoms with van der Waals surface area (Å²) in [5.41, 5.74) is 1.25. The Morgan fingerprint density at radius 2 is 1.72 bits per heavy atom. The highest BCUT2D eigenvalue weighted by molar-refractivity contribution is 5.77. The Morgan fingerprint density at radius 1 is 1.08 bits per heavy atom. The lowest BCUT2D eigenvalue weighted by atomic mass is 9.48. The van der Waals surface area contributed by atoms with Gasteiger partial charge in [-0.25, -0.2) is 0 Å². The lowest BCUT2D eigenvalue weighted by Crippen LogP contribution is -2.58. The molecule has 0 aliphatic heterocycles. The van der Waals surface area contributed by atoms with Crippen molar-refractivity contribution in [3.63, 3.8) is 0 Å². The molecule has 4 atom stereocenters. The summed E-state index contributed by atoms with van der Waals surface area (Å²) in [5.74, 6) is 1.68. The van der Waals surface area contributed by atoms with Crippen LogP contribution in [0.5, 0.6) is 5.75 Å². The van der Waals surface area contributed by atoms with E-state index in [1.807, 2.05) is 26.0 Å². The van der Waals surface area contributed by atoms with E-state index < -0.39 is 11.0 Å². The molecule has 0 saturated heterocycles. The van der Waals surface area contributed by atoms with Gasteiger partial charge in [-0.15, -0.1) is 0 Å². The predicted octanol–water partition coefficient (Wildman–Crippen LogP) is 3.56. The fourth-order valence-corrected chi connectivity index (χ4v) is 5.92. The highest BCUT2D eigenvalue weighted by Gasteiger charge is 2.60. The van der Waals surface area contributed by atoms with Gasteiger partial charge in [0.1, 0.15) is 19.0 Å². The van der Waals surface area contributed by atoms with E-state index in [1.54, 1.807) is 0 Å². The lowest BCUT2D eigenvalue weighted by Gasteiger charge is -2.58.